The summed E-state index contributed by atoms with van der Waals surface area (Å²) in [6, 6.07) is 11.7. The van der Waals surface area contributed by atoms with Crippen LogP contribution in [0, 0.1) is 6.92 Å². The molecule has 0 aliphatic heterocycles. The van der Waals surface area contributed by atoms with Gasteiger partial charge >= 0.3 is 0 Å². The van der Waals surface area contributed by atoms with Crippen molar-refractivity contribution in [3.63, 3.8) is 0 Å². The van der Waals surface area contributed by atoms with E-state index in [0.29, 0.717) is 5.88 Å². The first-order chi connectivity index (χ1) is 12.3. The van der Waals surface area contributed by atoms with E-state index in [1.165, 1.54) is 0 Å². The van der Waals surface area contributed by atoms with Crippen LogP contribution in [0.15, 0.2) is 42.6 Å². The van der Waals surface area contributed by atoms with Crippen LogP contribution in [-0.4, -0.2) is 21.9 Å². The molecule has 3 rings (SSSR count). The van der Waals surface area contributed by atoms with Gasteiger partial charge in [0.2, 0.25) is 5.88 Å². The Balaban J connectivity index is 2.04. The van der Waals surface area contributed by atoms with Crippen LogP contribution < -0.4 is 15.8 Å². The number of hydrogen-bond acceptors (Lipinski definition) is 5. The van der Waals surface area contributed by atoms with Crippen molar-refractivity contribution in [3.05, 3.63) is 48.2 Å². The average molecular weight is 351 g/mol. The summed E-state index contributed by atoms with van der Waals surface area (Å²) < 4.78 is 7.24. The number of aromatic nitrogens is 3. The first kappa shape index (κ1) is 17.8. The predicted molar refractivity (Wildman–Crippen MR) is 106 cm³/mol. The zero-order valence-corrected chi connectivity index (χ0v) is 15.9. The lowest BCUT2D eigenvalue weighted by atomic mass is 10.1. The van der Waals surface area contributed by atoms with Crippen LogP contribution in [-0.2, 0) is 5.54 Å². The summed E-state index contributed by atoms with van der Waals surface area (Å²) >= 11 is 0. The number of ether oxygens (including phenoxy) is 1. The molecular formula is C20H25N5O. The molecule has 0 saturated carbocycles. The Labute approximate surface area is 154 Å². The summed E-state index contributed by atoms with van der Waals surface area (Å²) in [6.07, 6.45) is 1.79. The minimum absolute atomic E-state index is 0.181. The second kappa shape index (κ2) is 6.71. The van der Waals surface area contributed by atoms with Gasteiger partial charge in [-0.25, -0.2) is 9.67 Å². The first-order valence-electron chi connectivity index (χ1n) is 8.52. The molecule has 2 aromatic heterocycles. The van der Waals surface area contributed by atoms with Crippen LogP contribution in [0.5, 0.6) is 5.88 Å². The molecule has 0 atom stereocenters. The highest BCUT2D eigenvalue weighted by Crippen LogP contribution is 2.31. The van der Waals surface area contributed by atoms with Gasteiger partial charge in [-0.15, -0.1) is 0 Å². The lowest BCUT2D eigenvalue weighted by Crippen LogP contribution is -2.24. The molecule has 0 bridgehead atoms. The van der Waals surface area contributed by atoms with Gasteiger partial charge in [0.25, 0.3) is 0 Å². The zero-order valence-electron chi connectivity index (χ0n) is 15.9. The Bertz CT molecular complexity index is 907. The number of anilines is 3. The summed E-state index contributed by atoms with van der Waals surface area (Å²) in [7, 11) is 1.61. The fourth-order valence-corrected chi connectivity index (χ4v) is 2.67. The lowest BCUT2D eigenvalue weighted by molar-refractivity contribution is 0.362. The molecule has 1 aromatic carbocycles. The predicted octanol–water partition coefficient (Wildman–Crippen LogP) is 4.34. The molecule has 6 heteroatoms. The van der Waals surface area contributed by atoms with Crippen molar-refractivity contribution in [1.82, 2.24) is 14.8 Å². The van der Waals surface area contributed by atoms with Crippen LogP contribution in [0.25, 0.3) is 11.3 Å². The summed E-state index contributed by atoms with van der Waals surface area (Å²) in [6.45, 7) is 8.38. The Kier molecular flexibility index (Phi) is 4.59. The van der Waals surface area contributed by atoms with Gasteiger partial charge in [-0.2, -0.15) is 5.10 Å². The number of benzene rings is 1. The highest BCUT2D eigenvalue weighted by Gasteiger charge is 2.21. The lowest BCUT2D eigenvalue weighted by Gasteiger charge is -2.23. The van der Waals surface area contributed by atoms with Crippen molar-refractivity contribution in [1.29, 1.82) is 0 Å². The van der Waals surface area contributed by atoms with E-state index in [1.807, 2.05) is 48.0 Å². The van der Waals surface area contributed by atoms with Crippen molar-refractivity contribution in [2.75, 3.05) is 18.2 Å². The summed E-state index contributed by atoms with van der Waals surface area (Å²) in [4.78, 5) is 4.23. The van der Waals surface area contributed by atoms with Gasteiger partial charge in [0.05, 0.1) is 18.3 Å². The van der Waals surface area contributed by atoms with E-state index in [2.05, 4.69) is 31.1 Å². The normalized spacial score (nSPS) is 11.4. The van der Waals surface area contributed by atoms with E-state index in [4.69, 9.17) is 15.6 Å². The number of nitrogens with zero attached hydrogens (tertiary/aromatic N) is 3. The van der Waals surface area contributed by atoms with Crippen LogP contribution in [0.1, 0.15) is 26.3 Å². The molecule has 3 aromatic rings. The number of nitrogen functional groups attached to an aromatic ring is 1. The maximum atomic E-state index is 5.80. The first-order valence-corrected chi connectivity index (χ1v) is 8.52. The van der Waals surface area contributed by atoms with E-state index in [9.17, 15) is 0 Å². The van der Waals surface area contributed by atoms with Crippen molar-refractivity contribution < 1.29 is 4.74 Å². The third-order valence-electron chi connectivity index (χ3n) is 4.10. The summed E-state index contributed by atoms with van der Waals surface area (Å²) in [5.74, 6) is 1.47. The second-order valence-electron chi connectivity index (χ2n) is 7.29. The van der Waals surface area contributed by atoms with Crippen LogP contribution in [0.2, 0.25) is 0 Å². The molecule has 26 heavy (non-hydrogen) atoms. The van der Waals surface area contributed by atoms with Gasteiger partial charge in [0.15, 0.2) is 0 Å². The minimum atomic E-state index is -0.181. The number of nitrogens with two attached hydrogens (primary N) is 1. The quantitative estimate of drug-likeness (QED) is 0.684. The number of pyridine rings is 1. The molecule has 0 aliphatic rings. The molecule has 0 spiro atoms. The number of hydrogen-bond donors (Lipinski definition) is 2. The maximum Gasteiger partial charge on any atom is 0.215 e. The third-order valence-corrected chi connectivity index (χ3v) is 4.10. The Hall–Kier alpha value is -3.02. The summed E-state index contributed by atoms with van der Waals surface area (Å²) in [5, 5.41) is 8.30. The van der Waals surface area contributed by atoms with Gasteiger partial charge in [0.1, 0.15) is 5.82 Å². The molecule has 0 saturated heterocycles. The maximum absolute atomic E-state index is 5.80. The molecule has 2 heterocycles. The van der Waals surface area contributed by atoms with Gasteiger partial charge in [-0.1, -0.05) is 12.1 Å². The molecule has 3 N–H and O–H groups in total. The number of aryl methyl sites for hydroxylation is 1. The monoisotopic (exact) mass is 351 g/mol. The number of methoxy groups -OCH3 is 1. The van der Waals surface area contributed by atoms with Crippen LogP contribution in [0.4, 0.5) is 17.2 Å². The Morgan fingerprint density at radius 3 is 2.42 bits per heavy atom. The number of nitrogens with one attached hydrogen (secondary N) is 1. The van der Waals surface area contributed by atoms with E-state index in [1.54, 1.807) is 13.3 Å². The zero-order chi connectivity index (χ0) is 18.9. The standard InChI is InChI=1S/C20H25N5O/c1-13-12-22-19(26-5)11-16(13)23-18-10-17(24-25(18)20(2,3)4)14-6-8-15(21)9-7-14/h6-12H,21H2,1-5H3,(H,22,23). The van der Waals surface area contributed by atoms with Crippen molar-refractivity contribution in [3.8, 4) is 17.1 Å². The van der Waals surface area contributed by atoms with Crippen LogP contribution in [0.3, 0.4) is 0 Å². The largest absolute Gasteiger partial charge is 0.481 e. The Morgan fingerprint density at radius 2 is 1.81 bits per heavy atom. The van der Waals surface area contributed by atoms with Crippen molar-refractivity contribution >= 4 is 17.2 Å². The molecule has 0 aliphatic carbocycles. The van der Waals surface area contributed by atoms with E-state index in [-0.39, 0.29) is 5.54 Å². The second-order valence-corrected chi connectivity index (χ2v) is 7.29. The van der Waals surface area contributed by atoms with E-state index < -0.39 is 0 Å². The van der Waals surface area contributed by atoms with E-state index >= 15 is 0 Å². The minimum Gasteiger partial charge on any atom is -0.481 e. The molecule has 0 radical (unpaired) electrons. The van der Waals surface area contributed by atoms with Gasteiger partial charge < -0.3 is 15.8 Å². The fraction of sp³-hybridized carbons (Fsp3) is 0.300. The van der Waals surface area contributed by atoms with Crippen molar-refractivity contribution in [2.24, 2.45) is 0 Å². The van der Waals surface area contributed by atoms with Crippen LogP contribution >= 0.6 is 0 Å². The van der Waals surface area contributed by atoms with Gasteiger partial charge in [-0.3, -0.25) is 0 Å². The Morgan fingerprint density at radius 1 is 1.12 bits per heavy atom. The SMILES string of the molecule is COc1cc(Nc2cc(-c3ccc(N)cc3)nn2C(C)(C)C)c(C)cn1. The number of rotatable bonds is 4. The molecule has 0 amide bonds. The molecule has 6 nitrogen and oxygen atoms in total. The average Bonchev–Trinajstić information content (AvgIpc) is 3.02. The molecule has 136 valence electrons. The third kappa shape index (κ3) is 3.64. The van der Waals surface area contributed by atoms with Gasteiger partial charge in [0, 0.05) is 35.3 Å². The molecule has 0 fully saturated rings. The van der Waals surface area contributed by atoms with Gasteiger partial charge in [-0.05, 0) is 45.4 Å². The van der Waals surface area contributed by atoms with Crippen molar-refractivity contribution in [2.45, 2.75) is 33.2 Å². The fourth-order valence-electron chi connectivity index (χ4n) is 2.67. The highest BCUT2D eigenvalue weighted by atomic mass is 16.5. The molecule has 0 unspecified atom stereocenters. The summed E-state index contributed by atoms with van der Waals surface area (Å²) in [5.41, 5.74) is 10.2. The molecular weight excluding hydrogens is 326 g/mol. The topological polar surface area (TPSA) is 78.0 Å². The van der Waals surface area contributed by atoms with E-state index in [0.717, 1.165) is 34.0 Å². The highest BCUT2D eigenvalue weighted by molar-refractivity contribution is 5.69. The smallest absolute Gasteiger partial charge is 0.215 e.